The molecule has 1 N–H and O–H groups in total. The van der Waals surface area contributed by atoms with E-state index < -0.39 is 10.0 Å². The minimum atomic E-state index is -3.62. The molecule has 150 valence electrons. The summed E-state index contributed by atoms with van der Waals surface area (Å²) < 4.78 is 29.6. The molecule has 3 rings (SSSR count). The number of aromatic nitrogens is 4. The molecule has 7 nitrogen and oxygen atoms in total. The maximum atomic E-state index is 12.6. The van der Waals surface area contributed by atoms with Crippen molar-refractivity contribution in [1.82, 2.24) is 24.3 Å². The molecule has 0 saturated heterocycles. The number of aryl methyl sites for hydroxylation is 3. The molecule has 0 radical (unpaired) electrons. The Morgan fingerprint density at radius 3 is 2.50 bits per heavy atom. The lowest BCUT2D eigenvalue weighted by Gasteiger charge is -2.08. The van der Waals surface area contributed by atoms with Crippen LogP contribution >= 0.6 is 0 Å². The molecule has 0 amide bonds. The van der Waals surface area contributed by atoms with Gasteiger partial charge in [0.15, 0.2) is 5.82 Å². The number of sulfonamides is 1. The second kappa shape index (κ2) is 8.79. The third-order valence-electron chi connectivity index (χ3n) is 4.73. The van der Waals surface area contributed by atoms with Crippen LogP contribution in [0.4, 0.5) is 0 Å². The van der Waals surface area contributed by atoms with Crippen LogP contribution in [-0.4, -0.2) is 28.0 Å². The lowest BCUT2D eigenvalue weighted by molar-refractivity contribution is 0.578. The molecule has 0 aliphatic rings. The maximum absolute atomic E-state index is 12.6. The van der Waals surface area contributed by atoms with Gasteiger partial charge in [-0.1, -0.05) is 38.3 Å². The fraction of sp³-hybridized carbons (Fsp3) is 0.450. The zero-order chi connectivity index (χ0) is 20.1. The number of nitrogens with one attached hydrogen (secondary N) is 1. The minimum absolute atomic E-state index is 0.0495. The van der Waals surface area contributed by atoms with Gasteiger partial charge in [0.1, 0.15) is 0 Å². The summed E-state index contributed by atoms with van der Waals surface area (Å²) in [5.41, 5.74) is 2.92. The summed E-state index contributed by atoms with van der Waals surface area (Å²) in [6, 6.07) is 9.02. The number of rotatable bonds is 9. The zero-order valence-electron chi connectivity index (χ0n) is 16.6. The first-order valence-corrected chi connectivity index (χ1v) is 11.2. The summed E-state index contributed by atoms with van der Waals surface area (Å²) in [6.07, 6.45) is 5.76. The van der Waals surface area contributed by atoms with Gasteiger partial charge in [-0.3, -0.25) is 4.40 Å². The molecule has 0 bridgehead atoms. The van der Waals surface area contributed by atoms with E-state index in [2.05, 4.69) is 26.8 Å². The van der Waals surface area contributed by atoms with Crippen molar-refractivity contribution < 1.29 is 8.42 Å². The molecule has 0 saturated carbocycles. The van der Waals surface area contributed by atoms with Crippen molar-refractivity contribution in [3.05, 3.63) is 53.1 Å². The largest absolute Gasteiger partial charge is 0.266 e. The normalized spacial score (nSPS) is 12.0. The lowest BCUT2D eigenvalue weighted by atomic mass is 10.1. The van der Waals surface area contributed by atoms with Gasteiger partial charge in [0.25, 0.3) is 5.78 Å². The van der Waals surface area contributed by atoms with Gasteiger partial charge in [0, 0.05) is 11.4 Å². The van der Waals surface area contributed by atoms with Crippen molar-refractivity contribution in [2.75, 3.05) is 0 Å². The Hall–Kier alpha value is -2.32. The average molecular weight is 402 g/mol. The number of nitrogens with zero attached hydrogens (tertiary/aromatic N) is 4. The molecule has 2 aromatic heterocycles. The van der Waals surface area contributed by atoms with Gasteiger partial charge in [-0.15, -0.1) is 10.2 Å². The Kier molecular flexibility index (Phi) is 6.41. The quantitative estimate of drug-likeness (QED) is 0.556. The highest BCUT2D eigenvalue weighted by molar-refractivity contribution is 7.89. The van der Waals surface area contributed by atoms with Crippen molar-refractivity contribution in [2.24, 2.45) is 0 Å². The summed E-state index contributed by atoms with van der Waals surface area (Å²) in [6.45, 7) is 6.04. The van der Waals surface area contributed by atoms with E-state index in [1.165, 1.54) is 19.3 Å². The zero-order valence-corrected chi connectivity index (χ0v) is 17.5. The molecule has 0 unspecified atom stereocenters. The number of hydrogen-bond donors (Lipinski definition) is 1. The second-order valence-electron chi connectivity index (χ2n) is 7.07. The van der Waals surface area contributed by atoms with Crippen LogP contribution in [0, 0.1) is 13.8 Å². The van der Waals surface area contributed by atoms with Gasteiger partial charge >= 0.3 is 0 Å². The number of unbranched alkanes of at least 4 members (excludes halogenated alkanes) is 3. The Balaban J connectivity index is 1.67. The molecule has 3 aromatic rings. The molecule has 0 atom stereocenters. The van der Waals surface area contributed by atoms with E-state index in [0.717, 1.165) is 29.8 Å². The molecular formula is C20H27N5O2S. The standard InChI is InChI=1S/C20H27N5O2S/c1-4-5-6-7-8-17-9-11-18(12-10-17)28(26,27)21-14-19-23-24-20-22-15(2)13-16(3)25(19)20/h9-13,21H,4-8,14H2,1-3H3. The van der Waals surface area contributed by atoms with Crippen LogP contribution in [-0.2, 0) is 23.0 Å². The molecule has 8 heteroatoms. The highest BCUT2D eigenvalue weighted by atomic mass is 32.2. The summed E-state index contributed by atoms with van der Waals surface area (Å²) in [5.74, 6) is 0.982. The van der Waals surface area contributed by atoms with Crippen LogP contribution in [0.1, 0.15) is 55.4 Å². The van der Waals surface area contributed by atoms with Crippen molar-refractivity contribution in [1.29, 1.82) is 0 Å². The lowest BCUT2D eigenvalue weighted by Crippen LogP contribution is -2.24. The Morgan fingerprint density at radius 1 is 1.04 bits per heavy atom. The molecule has 0 spiro atoms. The van der Waals surface area contributed by atoms with E-state index in [9.17, 15) is 8.42 Å². The van der Waals surface area contributed by atoms with E-state index >= 15 is 0 Å². The topological polar surface area (TPSA) is 89.2 Å². The second-order valence-corrected chi connectivity index (χ2v) is 8.84. The predicted molar refractivity (Wildman–Crippen MR) is 109 cm³/mol. The fourth-order valence-corrected chi connectivity index (χ4v) is 4.23. The van der Waals surface area contributed by atoms with Gasteiger partial charge in [0.2, 0.25) is 10.0 Å². The summed E-state index contributed by atoms with van der Waals surface area (Å²) in [5, 5.41) is 8.11. The molecule has 28 heavy (non-hydrogen) atoms. The van der Waals surface area contributed by atoms with E-state index in [-0.39, 0.29) is 11.4 Å². The Bertz CT molecular complexity index is 1040. The first-order valence-electron chi connectivity index (χ1n) is 9.67. The molecule has 0 fully saturated rings. The van der Waals surface area contributed by atoms with Crippen LogP contribution in [0.3, 0.4) is 0 Å². The van der Waals surface area contributed by atoms with Crippen molar-refractivity contribution in [3.63, 3.8) is 0 Å². The van der Waals surface area contributed by atoms with Gasteiger partial charge in [0.05, 0.1) is 11.4 Å². The monoisotopic (exact) mass is 401 g/mol. The molecular weight excluding hydrogens is 374 g/mol. The van der Waals surface area contributed by atoms with Gasteiger partial charge in [-0.05, 0) is 50.5 Å². The van der Waals surface area contributed by atoms with Crippen LogP contribution in [0.25, 0.3) is 5.78 Å². The Labute approximate surface area is 166 Å². The third-order valence-corrected chi connectivity index (χ3v) is 6.15. The molecule has 1 aromatic carbocycles. The smallest absolute Gasteiger partial charge is 0.255 e. The number of benzene rings is 1. The molecule has 0 aliphatic carbocycles. The summed E-state index contributed by atoms with van der Waals surface area (Å²) in [4.78, 5) is 4.57. The van der Waals surface area contributed by atoms with Crippen molar-refractivity contribution >= 4 is 15.8 Å². The van der Waals surface area contributed by atoms with E-state index in [1.807, 2.05) is 32.0 Å². The van der Waals surface area contributed by atoms with Crippen LogP contribution < -0.4 is 4.72 Å². The third kappa shape index (κ3) is 4.74. The van der Waals surface area contributed by atoms with Crippen LogP contribution in [0.5, 0.6) is 0 Å². The number of hydrogen-bond acceptors (Lipinski definition) is 5. The first-order chi connectivity index (χ1) is 13.4. The van der Waals surface area contributed by atoms with Crippen LogP contribution in [0.2, 0.25) is 0 Å². The van der Waals surface area contributed by atoms with Crippen molar-refractivity contribution in [2.45, 2.75) is 64.3 Å². The molecule has 0 aliphatic heterocycles. The van der Waals surface area contributed by atoms with Crippen molar-refractivity contribution in [3.8, 4) is 0 Å². The average Bonchev–Trinajstić information content (AvgIpc) is 3.07. The summed E-state index contributed by atoms with van der Waals surface area (Å²) >= 11 is 0. The molecule has 2 heterocycles. The Morgan fingerprint density at radius 2 is 1.79 bits per heavy atom. The summed E-state index contributed by atoms with van der Waals surface area (Å²) in [7, 11) is -3.62. The number of fused-ring (bicyclic) bond motifs is 1. The highest BCUT2D eigenvalue weighted by Crippen LogP contribution is 2.14. The van der Waals surface area contributed by atoms with Crippen LogP contribution in [0.15, 0.2) is 35.2 Å². The van der Waals surface area contributed by atoms with E-state index in [1.54, 1.807) is 16.5 Å². The van der Waals surface area contributed by atoms with Gasteiger partial charge < -0.3 is 0 Å². The SMILES string of the molecule is CCCCCCc1ccc(S(=O)(=O)NCc2nnc3nc(C)cc(C)n23)cc1. The fourth-order valence-electron chi connectivity index (χ4n) is 3.25. The predicted octanol–water partition coefficient (Wildman–Crippen LogP) is 3.34. The van der Waals surface area contributed by atoms with Gasteiger partial charge in [-0.2, -0.15) is 0 Å². The highest BCUT2D eigenvalue weighted by Gasteiger charge is 2.16. The van der Waals surface area contributed by atoms with E-state index in [4.69, 9.17) is 0 Å². The maximum Gasteiger partial charge on any atom is 0.255 e. The first kappa shape index (κ1) is 20.4. The minimum Gasteiger partial charge on any atom is -0.266 e. The van der Waals surface area contributed by atoms with E-state index in [0.29, 0.717) is 11.6 Å². The van der Waals surface area contributed by atoms with Gasteiger partial charge in [-0.25, -0.2) is 18.1 Å².